The van der Waals surface area contributed by atoms with Crippen molar-refractivity contribution in [2.24, 2.45) is 0 Å². The second-order valence-electron chi connectivity index (χ2n) is 4.15. The zero-order chi connectivity index (χ0) is 10.5. The number of hydrogen-bond donors (Lipinski definition) is 1. The Balaban J connectivity index is 1.78. The Morgan fingerprint density at radius 3 is 3.13 bits per heavy atom. The number of aromatic nitrogens is 1. The first kappa shape index (κ1) is 10.2. The van der Waals surface area contributed by atoms with E-state index in [1.807, 2.05) is 12.3 Å². The Kier molecular flexibility index (Phi) is 3.38. The SMILES string of the molecule is Cc1ccnc(NCCC2=CCCC2)c1. The largest absolute Gasteiger partial charge is 0.370 e. The standard InChI is InChI=1S/C13H18N2/c1-11-6-8-14-13(10-11)15-9-7-12-4-2-3-5-12/h4,6,8,10H,2-3,5,7,9H2,1H3,(H,14,15). The second-order valence-corrected chi connectivity index (χ2v) is 4.15. The number of anilines is 1. The second kappa shape index (κ2) is 4.96. The Morgan fingerprint density at radius 1 is 1.47 bits per heavy atom. The zero-order valence-electron chi connectivity index (χ0n) is 9.29. The van der Waals surface area contributed by atoms with E-state index < -0.39 is 0 Å². The van der Waals surface area contributed by atoms with Crippen LogP contribution >= 0.6 is 0 Å². The molecule has 2 heteroatoms. The Morgan fingerprint density at radius 2 is 2.40 bits per heavy atom. The molecule has 1 aliphatic carbocycles. The summed E-state index contributed by atoms with van der Waals surface area (Å²) in [6, 6.07) is 4.10. The topological polar surface area (TPSA) is 24.9 Å². The highest BCUT2D eigenvalue weighted by atomic mass is 15.0. The number of nitrogens with one attached hydrogen (secondary N) is 1. The molecule has 0 fully saturated rings. The molecule has 0 saturated heterocycles. The lowest BCUT2D eigenvalue weighted by atomic mass is 10.2. The molecule has 0 aromatic carbocycles. The summed E-state index contributed by atoms with van der Waals surface area (Å²) in [7, 11) is 0. The molecule has 0 spiro atoms. The first-order valence-electron chi connectivity index (χ1n) is 5.69. The smallest absolute Gasteiger partial charge is 0.126 e. The summed E-state index contributed by atoms with van der Waals surface area (Å²) in [5.74, 6) is 0.994. The molecule has 1 aromatic heterocycles. The molecule has 2 rings (SSSR count). The van der Waals surface area contributed by atoms with Crippen molar-refractivity contribution in [1.82, 2.24) is 4.98 Å². The van der Waals surface area contributed by atoms with Crippen molar-refractivity contribution >= 4 is 5.82 Å². The molecule has 15 heavy (non-hydrogen) atoms. The molecule has 0 saturated carbocycles. The molecule has 1 heterocycles. The number of aryl methyl sites for hydroxylation is 1. The highest BCUT2D eigenvalue weighted by Crippen LogP contribution is 2.20. The van der Waals surface area contributed by atoms with E-state index in [-0.39, 0.29) is 0 Å². The molecule has 1 aliphatic rings. The summed E-state index contributed by atoms with van der Waals surface area (Å²) in [6.07, 6.45) is 9.31. The van der Waals surface area contributed by atoms with Crippen molar-refractivity contribution in [1.29, 1.82) is 0 Å². The van der Waals surface area contributed by atoms with Crippen molar-refractivity contribution in [3.63, 3.8) is 0 Å². The van der Waals surface area contributed by atoms with E-state index >= 15 is 0 Å². The number of nitrogens with zero attached hydrogens (tertiary/aromatic N) is 1. The van der Waals surface area contributed by atoms with Crippen LogP contribution in [-0.2, 0) is 0 Å². The van der Waals surface area contributed by atoms with E-state index in [4.69, 9.17) is 0 Å². The third-order valence-corrected chi connectivity index (χ3v) is 2.80. The average molecular weight is 202 g/mol. The Bertz CT molecular complexity index is 355. The van der Waals surface area contributed by atoms with Gasteiger partial charge in [0.1, 0.15) is 5.82 Å². The molecule has 80 valence electrons. The predicted octanol–water partition coefficient (Wildman–Crippen LogP) is 3.30. The molecule has 0 bridgehead atoms. The quantitative estimate of drug-likeness (QED) is 0.758. The monoisotopic (exact) mass is 202 g/mol. The fraction of sp³-hybridized carbons (Fsp3) is 0.462. The van der Waals surface area contributed by atoms with E-state index in [1.54, 1.807) is 5.57 Å². The van der Waals surface area contributed by atoms with Gasteiger partial charge in [0.25, 0.3) is 0 Å². The zero-order valence-corrected chi connectivity index (χ0v) is 9.29. The first-order chi connectivity index (χ1) is 7.34. The van der Waals surface area contributed by atoms with Gasteiger partial charge in [-0.2, -0.15) is 0 Å². The molecule has 0 radical (unpaired) electrons. The molecule has 1 aromatic rings. The maximum Gasteiger partial charge on any atom is 0.126 e. The molecular weight excluding hydrogens is 184 g/mol. The van der Waals surface area contributed by atoms with Gasteiger partial charge in [0.05, 0.1) is 0 Å². The van der Waals surface area contributed by atoms with Crippen molar-refractivity contribution in [3.05, 3.63) is 35.5 Å². The number of pyridine rings is 1. The molecule has 0 unspecified atom stereocenters. The molecule has 0 aliphatic heterocycles. The van der Waals surface area contributed by atoms with Gasteiger partial charge < -0.3 is 5.32 Å². The van der Waals surface area contributed by atoms with Crippen LogP contribution < -0.4 is 5.32 Å². The summed E-state index contributed by atoms with van der Waals surface area (Å²) in [5.41, 5.74) is 2.86. The summed E-state index contributed by atoms with van der Waals surface area (Å²) in [4.78, 5) is 4.27. The summed E-state index contributed by atoms with van der Waals surface area (Å²) < 4.78 is 0. The third-order valence-electron chi connectivity index (χ3n) is 2.80. The van der Waals surface area contributed by atoms with Crippen molar-refractivity contribution in [3.8, 4) is 0 Å². The van der Waals surface area contributed by atoms with Crippen molar-refractivity contribution in [2.45, 2.75) is 32.6 Å². The van der Waals surface area contributed by atoms with Gasteiger partial charge >= 0.3 is 0 Å². The molecule has 2 nitrogen and oxygen atoms in total. The van der Waals surface area contributed by atoms with Crippen molar-refractivity contribution < 1.29 is 0 Å². The van der Waals surface area contributed by atoms with E-state index in [1.165, 1.54) is 24.8 Å². The van der Waals surface area contributed by atoms with E-state index in [9.17, 15) is 0 Å². The van der Waals surface area contributed by atoms with Crippen LogP contribution in [0.3, 0.4) is 0 Å². The van der Waals surface area contributed by atoms with Crippen LogP contribution in [0, 0.1) is 6.92 Å². The predicted molar refractivity (Wildman–Crippen MR) is 64.0 cm³/mol. The van der Waals surface area contributed by atoms with Gasteiger partial charge in [-0.15, -0.1) is 0 Å². The number of rotatable bonds is 4. The van der Waals surface area contributed by atoms with Crippen molar-refractivity contribution in [2.75, 3.05) is 11.9 Å². The van der Waals surface area contributed by atoms with E-state index in [2.05, 4.69) is 29.4 Å². The number of allylic oxidation sites excluding steroid dienone is 1. The Labute approximate surface area is 91.4 Å². The van der Waals surface area contributed by atoms with Crippen LogP contribution in [0.1, 0.15) is 31.2 Å². The lowest BCUT2D eigenvalue weighted by molar-refractivity contribution is 0.862. The van der Waals surface area contributed by atoms with Crippen LogP contribution in [0.2, 0.25) is 0 Å². The van der Waals surface area contributed by atoms with Crippen LogP contribution in [-0.4, -0.2) is 11.5 Å². The summed E-state index contributed by atoms with van der Waals surface area (Å²) in [6.45, 7) is 3.09. The minimum absolute atomic E-state index is 0.994. The fourth-order valence-electron chi connectivity index (χ4n) is 1.95. The average Bonchev–Trinajstić information content (AvgIpc) is 2.71. The van der Waals surface area contributed by atoms with E-state index in [0.717, 1.165) is 18.8 Å². The van der Waals surface area contributed by atoms with Crippen LogP contribution in [0.15, 0.2) is 30.0 Å². The molecule has 0 amide bonds. The van der Waals surface area contributed by atoms with Crippen LogP contribution in [0.5, 0.6) is 0 Å². The lowest BCUT2D eigenvalue weighted by Crippen LogP contribution is -2.03. The van der Waals surface area contributed by atoms with Gasteiger partial charge in [0, 0.05) is 12.7 Å². The third kappa shape index (κ3) is 3.08. The van der Waals surface area contributed by atoms with E-state index in [0.29, 0.717) is 0 Å². The highest BCUT2D eigenvalue weighted by molar-refractivity contribution is 5.37. The summed E-state index contributed by atoms with van der Waals surface area (Å²) >= 11 is 0. The fourth-order valence-corrected chi connectivity index (χ4v) is 1.95. The minimum atomic E-state index is 0.994. The summed E-state index contributed by atoms with van der Waals surface area (Å²) in [5, 5.41) is 3.36. The van der Waals surface area contributed by atoms with Gasteiger partial charge in [0.2, 0.25) is 0 Å². The molecule has 1 N–H and O–H groups in total. The minimum Gasteiger partial charge on any atom is -0.370 e. The maximum atomic E-state index is 4.27. The van der Waals surface area contributed by atoms with Gasteiger partial charge in [-0.05, 0) is 50.3 Å². The molecule has 0 atom stereocenters. The van der Waals surface area contributed by atoms with Crippen LogP contribution in [0.25, 0.3) is 0 Å². The maximum absolute atomic E-state index is 4.27. The first-order valence-corrected chi connectivity index (χ1v) is 5.69. The Hall–Kier alpha value is -1.31. The van der Waals surface area contributed by atoms with Gasteiger partial charge in [-0.3, -0.25) is 0 Å². The van der Waals surface area contributed by atoms with Gasteiger partial charge in [0.15, 0.2) is 0 Å². The highest BCUT2D eigenvalue weighted by Gasteiger charge is 2.03. The molecular formula is C13H18N2. The number of hydrogen-bond acceptors (Lipinski definition) is 2. The normalized spacial score (nSPS) is 15.1. The lowest BCUT2D eigenvalue weighted by Gasteiger charge is -2.06. The van der Waals surface area contributed by atoms with Gasteiger partial charge in [-0.25, -0.2) is 4.98 Å². The van der Waals surface area contributed by atoms with Gasteiger partial charge in [-0.1, -0.05) is 11.6 Å². The van der Waals surface area contributed by atoms with Crippen LogP contribution in [0.4, 0.5) is 5.82 Å².